The Morgan fingerprint density at radius 2 is 2.28 bits per heavy atom. The van der Waals surface area contributed by atoms with Crippen LogP contribution in [0.5, 0.6) is 0 Å². The van der Waals surface area contributed by atoms with Gasteiger partial charge in [-0.15, -0.1) is 0 Å². The highest BCUT2D eigenvalue weighted by atomic mass is 16.1. The van der Waals surface area contributed by atoms with Gasteiger partial charge in [0.2, 0.25) is 11.9 Å². The third-order valence-corrected chi connectivity index (χ3v) is 5.25. The molecule has 7 nitrogen and oxygen atoms in total. The lowest BCUT2D eigenvalue weighted by molar-refractivity contribution is -0.116. The van der Waals surface area contributed by atoms with Gasteiger partial charge in [-0.05, 0) is 25.3 Å². The Morgan fingerprint density at radius 1 is 1.40 bits per heavy atom. The van der Waals surface area contributed by atoms with Crippen molar-refractivity contribution in [2.24, 2.45) is 5.41 Å². The zero-order chi connectivity index (χ0) is 17.3. The van der Waals surface area contributed by atoms with Crippen molar-refractivity contribution in [1.29, 1.82) is 0 Å². The van der Waals surface area contributed by atoms with Crippen molar-refractivity contribution in [1.82, 2.24) is 20.3 Å². The van der Waals surface area contributed by atoms with Crippen LogP contribution in [0.2, 0.25) is 0 Å². The van der Waals surface area contributed by atoms with Crippen LogP contribution in [-0.4, -0.2) is 47.0 Å². The third-order valence-electron chi connectivity index (χ3n) is 5.25. The summed E-state index contributed by atoms with van der Waals surface area (Å²) in [7, 11) is 0. The van der Waals surface area contributed by atoms with E-state index in [1.807, 2.05) is 12.3 Å². The summed E-state index contributed by atoms with van der Waals surface area (Å²) >= 11 is 0. The molecule has 1 saturated heterocycles. The fourth-order valence-corrected chi connectivity index (χ4v) is 3.55. The minimum Gasteiger partial charge on any atom is -0.354 e. The van der Waals surface area contributed by atoms with Crippen LogP contribution in [0.1, 0.15) is 39.0 Å². The molecule has 0 radical (unpaired) electrons. The summed E-state index contributed by atoms with van der Waals surface area (Å²) in [6.45, 7) is 6.05. The van der Waals surface area contributed by atoms with Gasteiger partial charge in [0, 0.05) is 44.2 Å². The molecule has 1 aliphatic carbocycles. The molecule has 2 aromatic heterocycles. The van der Waals surface area contributed by atoms with Crippen molar-refractivity contribution >= 4 is 28.7 Å². The van der Waals surface area contributed by atoms with E-state index in [1.165, 1.54) is 12.8 Å². The topological polar surface area (TPSA) is 85.9 Å². The maximum Gasteiger partial charge on any atom is 0.233 e. The number of nitrogens with one attached hydrogen (secondary N) is 3. The molecule has 3 N–H and O–H groups in total. The van der Waals surface area contributed by atoms with Gasteiger partial charge in [-0.3, -0.25) is 10.1 Å². The molecule has 1 amide bonds. The van der Waals surface area contributed by atoms with Crippen LogP contribution >= 0.6 is 0 Å². The molecule has 1 spiro atoms. The van der Waals surface area contributed by atoms with Crippen molar-refractivity contribution in [3.8, 4) is 0 Å². The van der Waals surface area contributed by atoms with E-state index in [-0.39, 0.29) is 5.91 Å². The molecule has 0 atom stereocenters. The lowest BCUT2D eigenvalue weighted by atomic mass is 10.1. The number of aromatic nitrogens is 3. The standard InChI is InChI=1S/C18H26N6O/c1-2-3-4-14(25)21-17-22-15-13(5-8-20-15)16(23-17)24-10-9-19-11-18(12-24)6-7-18/h5,8,19H,2-4,6-7,9-12H2,1H3,(H2,20,21,22,23,25). The van der Waals surface area contributed by atoms with Crippen molar-refractivity contribution in [2.45, 2.75) is 39.0 Å². The zero-order valence-electron chi connectivity index (χ0n) is 14.8. The number of carbonyl (C=O) groups is 1. The normalized spacial score (nSPS) is 19.2. The summed E-state index contributed by atoms with van der Waals surface area (Å²) in [6, 6.07) is 2.02. The summed E-state index contributed by atoms with van der Waals surface area (Å²) in [5.74, 6) is 1.30. The fourth-order valence-electron chi connectivity index (χ4n) is 3.55. The van der Waals surface area contributed by atoms with Crippen LogP contribution in [0.15, 0.2) is 12.3 Å². The maximum atomic E-state index is 12.1. The summed E-state index contributed by atoms with van der Waals surface area (Å²) < 4.78 is 0. The molecule has 2 aromatic rings. The van der Waals surface area contributed by atoms with Crippen LogP contribution in [0.4, 0.5) is 11.8 Å². The number of hydrogen-bond acceptors (Lipinski definition) is 5. The predicted octanol–water partition coefficient (Wildman–Crippen LogP) is 2.28. The second kappa shape index (κ2) is 6.63. The van der Waals surface area contributed by atoms with E-state index in [2.05, 4.69) is 32.4 Å². The predicted molar refractivity (Wildman–Crippen MR) is 98.8 cm³/mol. The first-order valence-electron chi connectivity index (χ1n) is 9.30. The Bertz CT molecular complexity index is 766. The van der Waals surface area contributed by atoms with Gasteiger partial charge in [0.1, 0.15) is 11.5 Å². The minimum absolute atomic E-state index is 0.0186. The van der Waals surface area contributed by atoms with E-state index < -0.39 is 0 Å². The Balaban J connectivity index is 1.62. The van der Waals surface area contributed by atoms with Gasteiger partial charge in [-0.1, -0.05) is 13.3 Å². The number of nitrogens with zero attached hydrogens (tertiary/aromatic N) is 3. The van der Waals surface area contributed by atoms with Gasteiger partial charge in [0.15, 0.2) is 0 Å². The van der Waals surface area contributed by atoms with E-state index >= 15 is 0 Å². The van der Waals surface area contributed by atoms with Gasteiger partial charge in [0.05, 0.1) is 5.39 Å². The molecule has 0 bridgehead atoms. The van der Waals surface area contributed by atoms with E-state index in [9.17, 15) is 4.79 Å². The maximum absolute atomic E-state index is 12.1. The fraction of sp³-hybridized carbons (Fsp3) is 0.611. The van der Waals surface area contributed by atoms with Crippen LogP contribution in [0.25, 0.3) is 11.0 Å². The number of unbranched alkanes of at least 4 members (excludes halogenated alkanes) is 1. The smallest absolute Gasteiger partial charge is 0.233 e. The summed E-state index contributed by atoms with van der Waals surface area (Å²) in [4.78, 5) is 26.8. The third kappa shape index (κ3) is 3.46. The molecule has 3 heterocycles. The van der Waals surface area contributed by atoms with Gasteiger partial charge >= 0.3 is 0 Å². The zero-order valence-corrected chi connectivity index (χ0v) is 14.8. The van der Waals surface area contributed by atoms with Gasteiger partial charge in [-0.2, -0.15) is 9.97 Å². The molecule has 1 saturated carbocycles. The Hall–Kier alpha value is -2.15. The van der Waals surface area contributed by atoms with Crippen LogP contribution in [-0.2, 0) is 4.79 Å². The van der Waals surface area contributed by atoms with Crippen LogP contribution in [0.3, 0.4) is 0 Å². The highest BCUT2D eigenvalue weighted by Gasteiger charge is 2.45. The monoisotopic (exact) mass is 342 g/mol. The minimum atomic E-state index is -0.0186. The number of amides is 1. The molecule has 7 heteroatoms. The SMILES string of the molecule is CCCCC(=O)Nc1nc(N2CCNCC3(CC3)C2)c2cc[nH]c2n1. The van der Waals surface area contributed by atoms with Gasteiger partial charge in [0.25, 0.3) is 0 Å². The number of carbonyl (C=O) groups excluding carboxylic acids is 1. The average Bonchev–Trinajstić information content (AvgIpc) is 3.27. The van der Waals surface area contributed by atoms with E-state index in [0.717, 1.165) is 55.9 Å². The lowest BCUT2D eigenvalue weighted by Crippen LogP contribution is -2.32. The largest absolute Gasteiger partial charge is 0.354 e. The number of H-pyrrole nitrogens is 1. The van der Waals surface area contributed by atoms with Crippen molar-refractivity contribution < 1.29 is 4.79 Å². The number of rotatable bonds is 5. The summed E-state index contributed by atoms with van der Waals surface area (Å²) in [5, 5.41) is 7.43. The molecular formula is C18H26N6O. The van der Waals surface area contributed by atoms with E-state index in [4.69, 9.17) is 4.98 Å². The Kier molecular flexibility index (Phi) is 4.33. The van der Waals surface area contributed by atoms with Gasteiger partial charge in [-0.25, -0.2) is 0 Å². The number of aromatic amines is 1. The molecule has 4 rings (SSSR count). The lowest BCUT2D eigenvalue weighted by Gasteiger charge is -2.25. The molecule has 0 unspecified atom stereocenters. The Labute approximate surface area is 147 Å². The molecule has 134 valence electrons. The van der Waals surface area contributed by atoms with Gasteiger partial charge < -0.3 is 15.2 Å². The molecule has 1 aliphatic heterocycles. The molecular weight excluding hydrogens is 316 g/mol. The van der Waals surface area contributed by atoms with Crippen LogP contribution < -0.4 is 15.5 Å². The molecule has 2 fully saturated rings. The highest BCUT2D eigenvalue weighted by molar-refractivity contribution is 5.93. The summed E-state index contributed by atoms with van der Waals surface area (Å²) in [5.41, 5.74) is 1.17. The number of fused-ring (bicyclic) bond motifs is 1. The molecule has 0 aromatic carbocycles. The highest BCUT2D eigenvalue weighted by Crippen LogP contribution is 2.47. The Morgan fingerprint density at radius 3 is 3.08 bits per heavy atom. The first-order chi connectivity index (χ1) is 12.2. The molecule has 2 aliphatic rings. The quantitative estimate of drug-likeness (QED) is 0.776. The number of hydrogen-bond donors (Lipinski definition) is 3. The van der Waals surface area contributed by atoms with Crippen LogP contribution in [0, 0.1) is 5.41 Å². The second-order valence-electron chi connectivity index (χ2n) is 7.36. The first-order valence-corrected chi connectivity index (χ1v) is 9.30. The number of anilines is 2. The second-order valence-corrected chi connectivity index (χ2v) is 7.36. The van der Waals surface area contributed by atoms with Crippen molar-refractivity contribution in [2.75, 3.05) is 36.4 Å². The van der Waals surface area contributed by atoms with E-state index in [1.54, 1.807) is 0 Å². The average molecular weight is 342 g/mol. The van der Waals surface area contributed by atoms with E-state index in [0.29, 0.717) is 17.8 Å². The molecule has 25 heavy (non-hydrogen) atoms. The summed E-state index contributed by atoms with van der Waals surface area (Å²) in [6.07, 6.45) is 6.82. The first kappa shape index (κ1) is 16.3. The van der Waals surface area contributed by atoms with Crippen molar-refractivity contribution in [3.05, 3.63) is 12.3 Å². The van der Waals surface area contributed by atoms with Crippen molar-refractivity contribution in [3.63, 3.8) is 0 Å².